The lowest BCUT2D eigenvalue weighted by atomic mass is 10.1. The third-order valence-electron chi connectivity index (χ3n) is 5.07. The standard InChI is InChI=1S/C26H26ClN5O6/c1-2-30-26(36)38-21-5-3-4-16(23(21)37-14-22(33)34)13-31-20-11-8-17(27)12-19(20)25(35)32-18-9-6-15(7-10-18)24(28)29/h3-12,31H,2,13-14H2,1H3,(H3,28,29)(H,30,36)(H,32,35)(H,33,34). The number of hydrogen-bond donors (Lipinski definition) is 6. The van der Waals surface area contributed by atoms with Gasteiger partial charge in [0, 0.05) is 40.6 Å². The monoisotopic (exact) mass is 539 g/mol. The van der Waals surface area contributed by atoms with Crippen LogP contribution in [0.25, 0.3) is 0 Å². The van der Waals surface area contributed by atoms with E-state index in [4.69, 9.17) is 37.3 Å². The van der Waals surface area contributed by atoms with Crippen LogP contribution in [0.2, 0.25) is 5.02 Å². The van der Waals surface area contributed by atoms with Gasteiger partial charge in [-0.3, -0.25) is 10.2 Å². The summed E-state index contributed by atoms with van der Waals surface area (Å²) in [6.07, 6.45) is -0.717. The fourth-order valence-corrected chi connectivity index (χ4v) is 3.51. The van der Waals surface area contributed by atoms with Gasteiger partial charge in [0.15, 0.2) is 18.1 Å². The Kier molecular flexibility index (Phi) is 9.49. The fraction of sp³-hybridized carbons (Fsp3) is 0.154. The largest absolute Gasteiger partial charge is 0.479 e. The lowest BCUT2D eigenvalue weighted by molar-refractivity contribution is -0.139. The van der Waals surface area contributed by atoms with Crippen LogP contribution < -0.4 is 31.2 Å². The zero-order chi connectivity index (χ0) is 27.7. The van der Waals surface area contributed by atoms with Gasteiger partial charge in [-0.15, -0.1) is 0 Å². The first-order valence-corrected chi connectivity index (χ1v) is 11.8. The van der Waals surface area contributed by atoms with Crippen molar-refractivity contribution in [1.29, 1.82) is 5.41 Å². The van der Waals surface area contributed by atoms with E-state index >= 15 is 0 Å². The summed E-state index contributed by atoms with van der Waals surface area (Å²) in [6, 6.07) is 16.0. The molecule has 0 bridgehead atoms. The summed E-state index contributed by atoms with van der Waals surface area (Å²) in [5, 5.41) is 25.3. The number of nitrogens with one attached hydrogen (secondary N) is 4. The van der Waals surface area contributed by atoms with Crippen molar-refractivity contribution < 1.29 is 29.0 Å². The number of halogens is 1. The first-order chi connectivity index (χ1) is 18.2. The Morgan fingerprint density at radius 1 is 1.08 bits per heavy atom. The Labute approximate surface area is 223 Å². The molecule has 0 saturated heterocycles. The maximum Gasteiger partial charge on any atom is 0.412 e. The molecule has 3 aromatic rings. The van der Waals surface area contributed by atoms with E-state index in [0.717, 1.165) is 0 Å². The summed E-state index contributed by atoms with van der Waals surface area (Å²) in [5.41, 5.74) is 7.65. The number of rotatable bonds is 11. The van der Waals surface area contributed by atoms with Crippen molar-refractivity contribution in [3.05, 3.63) is 82.4 Å². The SMILES string of the molecule is CCNC(=O)Oc1cccc(CNc2ccc(Cl)cc2C(=O)Nc2ccc(C(=N)N)cc2)c1OCC(=O)O. The summed E-state index contributed by atoms with van der Waals surface area (Å²) in [5.74, 6) is -1.62. The van der Waals surface area contributed by atoms with Gasteiger partial charge in [-0.05, 0) is 55.5 Å². The number of hydrogen-bond acceptors (Lipinski definition) is 7. The van der Waals surface area contributed by atoms with Crippen LogP contribution in [0, 0.1) is 5.41 Å². The minimum Gasteiger partial charge on any atom is -0.479 e. The minimum absolute atomic E-state index is 0.0413. The summed E-state index contributed by atoms with van der Waals surface area (Å²) in [6.45, 7) is 1.51. The Hall–Kier alpha value is -4.77. The van der Waals surface area contributed by atoms with Crippen molar-refractivity contribution in [2.45, 2.75) is 13.5 Å². The highest BCUT2D eigenvalue weighted by Crippen LogP contribution is 2.33. The number of anilines is 2. The molecular formula is C26H26ClN5O6. The van der Waals surface area contributed by atoms with Crippen LogP contribution in [0.1, 0.15) is 28.4 Å². The van der Waals surface area contributed by atoms with Crippen molar-refractivity contribution in [1.82, 2.24) is 5.32 Å². The average Bonchev–Trinajstić information content (AvgIpc) is 2.87. The number of carboxylic acids is 1. The lowest BCUT2D eigenvalue weighted by Crippen LogP contribution is -2.26. The van der Waals surface area contributed by atoms with Crippen molar-refractivity contribution in [3.63, 3.8) is 0 Å². The van der Waals surface area contributed by atoms with E-state index in [9.17, 15) is 14.4 Å². The third kappa shape index (κ3) is 7.61. The van der Waals surface area contributed by atoms with Crippen LogP contribution in [0.5, 0.6) is 11.5 Å². The predicted molar refractivity (Wildman–Crippen MR) is 143 cm³/mol. The number of amidine groups is 1. The number of aliphatic carboxylic acids is 1. The van der Waals surface area contributed by atoms with Crippen LogP contribution in [0.15, 0.2) is 60.7 Å². The van der Waals surface area contributed by atoms with E-state index in [1.54, 1.807) is 55.5 Å². The molecule has 0 spiro atoms. The third-order valence-corrected chi connectivity index (χ3v) is 5.31. The molecule has 0 heterocycles. The zero-order valence-electron chi connectivity index (χ0n) is 20.3. The first-order valence-electron chi connectivity index (χ1n) is 11.4. The molecule has 0 fully saturated rings. The van der Waals surface area contributed by atoms with Crippen LogP contribution in [-0.2, 0) is 11.3 Å². The number of carbonyl (C=O) groups is 3. The molecule has 0 aliphatic heterocycles. The van der Waals surface area contributed by atoms with Gasteiger partial charge in [-0.2, -0.15) is 0 Å². The highest BCUT2D eigenvalue weighted by molar-refractivity contribution is 6.31. The summed E-state index contributed by atoms with van der Waals surface area (Å²) < 4.78 is 10.7. The molecule has 2 amide bonds. The molecule has 0 atom stereocenters. The number of amides is 2. The van der Waals surface area contributed by atoms with Crippen molar-refractivity contribution in [2.75, 3.05) is 23.8 Å². The van der Waals surface area contributed by atoms with Gasteiger partial charge >= 0.3 is 12.1 Å². The van der Waals surface area contributed by atoms with Gasteiger partial charge < -0.3 is 36.3 Å². The van der Waals surface area contributed by atoms with Crippen LogP contribution in [-0.4, -0.2) is 42.1 Å². The van der Waals surface area contributed by atoms with Gasteiger partial charge in [-0.25, -0.2) is 9.59 Å². The Morgan fingerprint density at radius 2 is 1.82 bits per heavy atom. The molecule has 0 saturated carbocycles. The molecule has 3 aromatic carbocycles. The van der Waals surface area contributed by atoms with Gasteiger partial charge in [0.1, 0.15) is 5.84 Å². The maximum atomic E-state index is 13.1. The van der Waals surface area contributed by atoms with Crippen LogP contribution >= 0.6 is 11.6 Å². The zero-order valence-corrected chi connectivity index (χ0v) is 21.1. The first kappa shape index (κ1) is 27.8. The summed E-state index contributed by atoms with van der Waals surface area (Å²) in [4.78, 5) is 36.1. The second kappa shape index (κ2) is 13.0. The van der Waals surface area contributed by atoms with Crippen LogP contribution in [0.3, 0.4) is 0 Å². The summed E-state index contributed by atoms with van der Waals surface area (Å²) in [7, 11) is 0. The molecule has 0 aliphatic carbocycles. The Balaban J connectivity index is 1.83. The second-order valence-corrected chi connectivity index (χ2v) is 8.27. The Bertz CT molecular complexity index is 1350. The van der Waals surface area contributed by atoms with Crippen molar-refractivity contribution in [2.24, 2.45) is 5.73 Å². The molecule has 3 rings (SSSR count). The quantitative estimate of drug-likeness (QED) is 0.156. The molecule has 38 heavy (non-hydrogen) atoms. The van der Waals surface area contributed by atoms with E-state index in [-0.39, 0.29) is 29.4 Å². The average molecular weight is 540 g/mol. The maximum absolute atomic E-state index is 13.1. The Morgan fingerprint density at radius 3 is 2.47 bits per heavy atom. The van der Waals surface area contributed by atoms with E-state index in [1.165, 1.54) is 12.1 Å². The van der Waals surface area contributed by atoms with E-state index in [2.05, 4.69) is 16.0 Å². The lowest BCUT2D eigenvalue weighted by Gasteiger charge is -2.17. The second-order valence-electron chi connectivity index (χ2n) is 7.84. The molecule has 198 valence electrons. The molecule has 7 N–H and O–H groups in total. The molecule has 0 radical (unpaired) electrons. The highest BCUT2D eigenvalue weighted by Gasteiger charge is 2.18. The summed E-state index contributed by atoms with van der Waals surface area (Å²) >= 11 is 6.15. The highest BCUT2D eigenvalue weighted by atomic mass is 35.5. The van der Waals surface area contributed by atoms with E-state index in [1.807, 2.05) is 0 Å². The van der Waals surface area contributed by atoms with E-state index in [0.29, 0.717) is 34.1 Å². The predicted octanol–water partition coefficient (Wildman–Crippen LogP) is 4.06. The molecule has 0 aliphatic rings. The van der Waals surface area contributed by atoms with E-state index < -0.39 is 24.6 Å². The topological polar surface area (TPSA) is 176 Å². The molecule has 0 unspecified atom stereocenters. The number of carboxylic acid groups (broad SMARTS) is 1. The normalized spacial score (nSPS) is 10.3. The number of para-hydroxylation sites is 1. The minimum atomic E-state index is -1.20. The molecular weight excluding hydrogens is 514 g/mol. The van der Waals surface area contributed by atoms with Gasteiger partial charge in [0.25, 0.3) is 5.91 Å². The smallest absolute Gasteiger partial charge is 0.412 e. The van der Waals surface area contributed by atoms with Crippen LogP contribution in [0.4, 0.5) is 16.2 Å². The molecule has 12 heteroatoms. The van der Waals surface area contributed by atoms with Crippen molar-refractivity contribution in [3.8, 4) is 11.5 Å². The number of benzene rings is 3. The fourth-order valence-electron chi connectivity index (χ4n) is 3.34. The number of nitrogens with two attached hydrogens (primary N) is 1. The van der Waals surface area contributed by atoms with Crippen molar-refractivity contribution >= 4 is 46.8 Å². The van der Waals surface area contributed by atoms with Gasteiger partial charge in [0.05, 0.1) is 5.56 Å². The van der Waals surface area contributed by atoms with Gasteiger partial charge in [0.2, 0.25) is 0 Å². The number of carbonyl (C=O) groups excluding carboxylic acids is 2. The van der Waals surface area contributed by atoms with Gasteiger partial charge in [-0.1, -0.05) is 23.7 Å². The molecule has 11 nitrogen and oxygen atoms in total. The number of nitrogen functional groups attached to an aromatic ring is 1. The molecule has 0 aromatic heterocycles. The number of ether oxygens (including phenoxy) is 2.